The predicted molar refractivity (Wildman–Crippen MR) is 119 cm³/mol. The summed E-state index contributed by atoms with van der Waals surface area (Å²) in [6, 6.07) is 19.3. The van der Waals surface area contributed by atoms with Gasteiger partial charge in [-0.2, -0.15) is 0 Å². The van der Waals surface area contributed by atoms with Gasteiger partial charge in [0.1, 0.15) is 0 Å². The molecule has 1 amide bonds. The molecule has 3 aromatic rings. The third kappa shape index (κ3) is 5.39. The van der Waals surface area contributed by atoms with Crippen molar-refractivity contribution in [2.24, 2.45) is 0 Å². The molecule has 0 spiro atoms. The molecule has 0 heterocycles. The van der Waals surface area contributed by atoms with Crippen molar-refractivity contribution in [3.05, 3.63) is 95.1 Å². The number of aliphatic hydroxyl groups excluding tert-OH is 1. The largest absolute Gasteiger partial charge is 0.479 e. The van der Waals surface area contributed by atoms with Crippen LogP contribution in [0.1, 0.15) is 31.8 Å². The maximum Gasteiger partial charge on any atom is 0.335 e. The molecule has 0 radical (unpaired) electrons. The number of nitrogens with one attached hydrogen (secondary N) is 1. The van der Waals surface area contributed by atoms with Gasteiger partial charge in [0.05, 0.1) is 11.6 Å². The first kappa shape index (κ1) is 22.7. The maximum atomic E-state index is 12.9. The number of carboxylic acids is 2. The Morgan fingerprint density at radius 2 is 1.50 bits per heavy atom. The third-order valence-corrected chi connectivity index (χ3v) is 5.19. The molecule has 2 atom stereocenters. The molecule has 0 saturated heterocycles. The lowest BCUT2D eigenvalue weighted by Gasteiger charge is -2.22. The second-order valence-electron chi connectivity index (χ2n) is 7.46. The van der Waals surface area contributed by atoms with E-state index in [2.05, 4.69) is 5.32 Å². The summed E-state index contributed by atoms with van der Waals surface area (Å²) in [5.74, 6) is -2.97. The number of aliphatic hydroxyl groups is 1. The van der Waals surface area contributed by atoms with E-state index in [4.69, 9.17) is 5.11 Å². The van der Waals surface area contributed by atoms with Gasteiger partial charge in [0.2, 0.25) is 0 Å². The fraction of sp³-hybridized carbons (Fsp3) is 0.160. The zero-order chi connectivity index (χ0) is 23.3. The Morgan fingerprint density at radius 1 is 0.875 bits per heavy atom. The first-order valence-corrected chi connectivity index (χ1v) is 9.96. The quantitative estimate of drug-likeness (QED) is 0.433. The minimum Gasteiger partial charge on any atom is -0.479 e. The molecule has 0 aliphatic rings. The molecule has 4 N–H and O–H groups in total. The first-order valence-electron chi connectivity index (χ1n) is 9.96. The summed E-state index contributed by atoms with van der Waals surface area (Å²) in [4.78, 5) is 35.4. The standard InChI is InChI=1S/C25H23NO6/c1-15-7-8-19(14-20(15)17-9-11-18(12-10-17)24(29)30)23(28)26-21(22(27)25(31)32)13-16-5-3-2-4-6-16/h2-12,14,21-22,27H,13H2,1H3,(H,26,28)(H,29,30)(H,31,32). The van der Waals surface area contributed by atoms with Crippen molar-refractivity contribution in [1.29, 1.82) is 0 Å². The smallest absolute Gasteiger partial charge is 0.335 e. The highest BCUT2D eigenvalue weighted by molar-refractivity contribution is 5.96. The lowest BCUT2D eigenvalue weighted by molar-refractivity contribution is -0.148. The Kier molecular flexibility index (Phi) is 7.02. The average molecular weight is 433 g/mol. The number of rotatable bonds is 8. The molecule has 0 bridgehead atoms. The molecule has 164 valence electrons. The van der Waals surface area contributed by atoms with Gasteiger partial charge >= 0.3 is 11.9 Å². The number of hydrogen-bond donors (Lipinski definition) is 4. The molecular formula is C25H23NO6. The lowest BCUT2D eigenvalue weighted by Crippen LogP contribution is -2.48. The summed E-state index contributed by atoms with van der Waals surface area (Å²) in [5, 5.41) is 31.1. The number of aromatic carboxylic acids is 1. The Bertz CT molecular complexity index is 1120. The molecule has 7 nitrogen and oxygen atoms in total. The Labute approximate surface area is 185 Å². The fourth-order valence-corrected chi connectivity index (χ4v) is 3.40. The monoisotopic (exact) mass is 433 g/mol. The summed E-state index contributed by atoms with van der Waals surface area (Å²) >= 11 is 0. The SMILES string of the molecule is Cc1ccc(C(=O)NC(Cc2ccccc2)C(O)C(=O)O)cc1-c1ccc(C(=O)O)cc1. The zero-order valence-electron chi connectivity index (χ0n) is 17.4. The van der Waals surface area contributed by atoms with Crippen LogP contribution in [0.5, 0.6) is 0 Å². The third-order valence-electron chi connectivity index (χ3n) is 5.19. The van der Waals surface area contributed by atoms with Crippen LogP contribution in [-0.2, 0) is 11.2 Å². The number of aliphatic carboxylic acids is 1. The van der Waals surface area contributed by atoms with E-state index in [1.165, 1.54) is 12.1 Å². The molecular weight excluding hydrogens is 410 g/mol. The minimum atomic E-state index is -1.77. The van der Waals surface area contributed by atoms with Gasteiger partial charge in [-0.3, -0.25) is 4.79 Å². The molecule has 2 unspecified atom stereocenters. The van der Waals surface area contributed by atoms with E-state index in [-0.39, 0.29) is 12.0 Å². The van der Waals surface area contributed by atoms with Crippen LogP contribution in [0.15, 0.2) is 72.8 Å². The number of carbonyl (C=O) groups excluding carboxylic acids is 1. The lowest BCUT2D eigenvalue weighted by atomic mass is 9.96. The molecule has 0 fully saturated rings. The highest BCUT2D eigenvalue weighted by Gasteiger charge is 2.28. The summed E-state index contributed by atoms with van der Waals surface area (Å²) in [5.41, 5.74) is 3.61. The van der Waals surface area contributed by atoms with Gasteiger partial charge < -0.3 is 20.6 Å². The molecule has 32 heavy (non-hydrogen) atoms. The van der Waals surface area contributed by atoms with Gasteiger partial charge in [0.15, 0.2) is 6.10 Å². The van der Waals surface area contributed by atoms with Crippen molar-refractivity contribution in [2.45, 2.75) is 25.5 Å². The molecule has 3 aromatic carbocycles. The van der Waals surface area contributed by atoms with Gasteiger partial charge in [0.25, 0.3) is 5.91 Å². The minimum absolute atomic E-state index is 0.148. The number of amides is 1. The summed E-state index contributed by atoms with van der Waals surface area (Å²) in [7, 11) is 0. The topological polar surface area (TPSA) is 124 Å². The van der Waals surface area contributed by atoms with E-state index in [1.807, 2.05) is 13.0 Å². The van der Waals surface area contributed by atoms with Gasteiger partial charge in [-0.15, -0.1) is 0 Å². The van der Waals surface area contributed by atoms with Crippen LogP contribution in [0, 0.1) is 6.92 Å². The van der Waals surface area contributed by atoms with Crippen LogP contribution in [-0.4, -0.2) is 45.3 Å². The van der Waals surface area contributed by atoms with E-state index in [9.17, 15) is 24.6 Å². The van der Waals surface area contributed by atoms with Gasteiger partial charge in [-0.05, 0) is 59.9 Å². The van der Waals surface area contributed by atoms with E-state index in [1.54, 1.807) is 54.6 Å². The Hall–Kier alpha value is -3.97. The summed E-state index contributed by atoms with van der Waals surface area (Å²) < 4.78 is 0. The molecule has 0 aliphatic heterocycles. The van der Waals surface area contributed by atoms with Gasteiger partial charge in [0, 0.05) is 5.56 Å². The highest BCUT2D eigenvalue weighted by Crippen LogP contribution is 2.25. The second-order valence-corrected chi connectivity index (χ2v) is 7.46. The van der Waals surface area contributed by atoms with Crippen LogP contribution in [0.4, 0.5) is 0 Å². The Morgan fingerprint density at radius 3 is 2.09 bits per heavy atom. The van der Waals surface area contributed by atoms with Crippen LogP contribution in [0.2, 0.25) is 0 Å². The number of hydrogen-bond acceptors (Lipinski definition) is 4. The van der Waals surface area contributed by atoms with E-state index in [0.717, 1.165) is 22.3 Å². The highest BCUT2D eigenvalue weighted by atomic mass is 16.4. The molecule has 3 rings (SSSR count). The van der Waals surface area contributed by atoms with Crippen molar-refractivity contribution < 1.29 is 29.7 Å². The van der Waals surface area contributed by atoms with Crippen LogP contribution in [0.3, 0.4) is 0 Å². The summed E-state index contributed by atoms with van der Waals surface area (Å²) in [6.07, 6.45) is -1.62. The maximum absolute atomic E-state index is 12.9. The van der Waals surface area contributed by atoms with Crippen molar-refractivity contribution in [1.82, 2.24) is 5.32 Å². The van der Waals surface area contributed by atoms with Crippen molar-refractivity contribution in [3.8, 4) is 11.1 Å². The van der Waals surface area contributed by atoms with E-state index < -0.39 is 30.0 Å². The number of aryl methyl sites for hydroxylation is 1. The van der Waals surface area contributed by atoms with Crippen LogP contribution >= 0.6 is 0 Å². The molecule has 0 aliphatic carbocycles. The predicted octanol–water partition coefficient (Wildman–Crippen LogP) is 3.15. The normalized spacial score (nSPS) is 12.6. The van der Waals surface area contributed by atoms with E-state index in [0.29, 0.717) is 5.56 Å². The van der Waals surface area contributed by atoms with Gasteiger partial charge in [-0.1, -0.05) is 48.5 Å². The Balaban J connectivity index is 1.86. The van der Waals surface area contributed by atoms with Crippen molar-refractivity contribution in [2.75, 3.05) is 0 Å². The molecule has 0 saturated carbocycles. The first-order chi connectivity index (χ1) is 15.3. The molecule has 7 heteroatoms. The zero-order valence-corrected chi connectivity index (χ0v) is 17.4. The van der Waals surface area contributed by atoms with Crippen molar-refractivity contribution in [3.63, 3.8) is 0 Å². The van der Waals surface area contributed by atoms with Crippen molar-refractivity contribution >= 4 is 17.8 Å². The second kappa shape index (κ2) is 9.89. The van der Waals surface area contributed by atoms with E-state index >= 15 is 0 Å². The van der Waals surface area contributed by atoms with Crippen LogP contribution in [0.25, 0.3) is 11.1 Å². The van der Waals surface area contributed by atoms with Gasteiger partial charge in [-0.25, -0.2) is 9.59 Å². The number of benzene rings is 3. The number of carboxylic acid groups (broad SMARTS) is 2. The fourth-order valence-electron chi connectivity index (χ4n) is 3.40. The molecule has 0 aromatic heterocycles. The summed E-state index contributed by atoms with van der Waals surface area (Å²) in [6.45, 7) is 1.87. The average Bonchev–Trinajstić information content (AvgIpc) is 2.79. The number of carbonyl (C=O) groups is 3. The van der Waals surface area contributed by atoms with Crippen LogP contribution < -0.4 is 5.32 Å².